The molecular formula is C17H15FN4OS. The number of hydrogen-bond donors (Lipinski definition) is 2. The molecule has 0 aliphatic rings. The van der Waals surface area contributed by atoms with Crippen LogP contribution < -0.4 is 5.32 Å². The van der Waals surface area contributed by atoms with E-state index in [0.717, 1.165) is 11.1 Å². The highest BCUT2D eigenvalue weighted by Gasteiger charge is 2.10. The summed E-state index contributed by atoms with van der Waals surface area (Å²) in [5.41, 5.74) is 2.63. The molecular weight excluding hydrogens is 327 g/mol. The lowest BCUT2D eigenvalue weighted by Gasteiger charge is -2.03. The largest absolute Gasteiger partial charge is 0.325 e. The number of aromatic amines is 1. The number of amides is 1. The molecule has 0 bridgehead atoms. The van der Waals surface area contributed by atoms with Gasteiger partial charge in [0.1, 0.15) is 5.82 Å². The highest BCUT2D eigenvalue weighted by atomic mass is 32.2. The van der Waals surface area contributed by atoms with E-state index in [1.165, 1.54) is 36.0 Å². The summed E-state index contributed by atoms with van der Waals surface area (Å²) < 4.78 is 12.8. The summed E-state index contributed by atoms with van der Waals surface area (Å²) in [5.74, 6) is 0.304. The summed E-state index contributed by atoms with van der Waals surface area (Å²) in [4.78, 5) is 16.3. The number of nitrogens with one attached hydrogen (secondary N) is 2. The van der Waals surface area contributed by atoms with Gasteiger partial charge in [-0.25, -0.2) is 9.37 Å². The van der Waals surface area contributed by atoms with Gasteiger partial charge in [0.05, 0.1) is 5.75 Å². The summed E-state index contributed by atoms with van der Waals surface area (Å²) in [7, 11) is 0. The maximum atomic E-state index is 12.8. The average molecular weight is 342 g/mol. The highest BCUT2D eigenvalue weighted by Crippen LogP contribution is 2.22. The number of thioether (sulfide) groups is 1. The molecule has 0 aliphatic heterocycles. The van der Waals surface area contributed by atoms with Crippen molar-refractivity contribution in [3.8, 4) is 11.4 Å². The molecule has 0 radical (unpaired) electrons. The van der Waals surface area contributed by atoms with Gasteiger partial charge < -0.3 is 5.32 Å². The van der Waals surface area contributed by atoms with Crippen molar-refractivity contribution in [1.29, 1.82) is 0 Å². The fraction of sp³-hybridized carbons (Fsp3) is 0.118. The maximum Gasteiger partial charge on any atom is 0.234 e. The van der Waals surface area contributed by atoms with Crippen molar-refractivity contribution in [1.82, 2.24) is 15.2 Å². The number of H-pyrrole nitrogens is 1. The van der Waals surface area contributed by atoms with E-state index in [2.05, 4.69) is 20.5 Å². The predicted molar refractivity (Wildman–Crippen MR) is 92.3 cm³/mol. The lowest BCUT2D eigenvalue weighted by molar-refractivity contribution is -0.113. The smallest absolute Gasteiger partial charge is 0.234 e. The first kappa shape index (κ1) is 16.2. The first-order chi connectivity index (χ1) is 11.6. The van der Waals surface area contributed by atoms with Crippen LogP contribution >= 0.6 is 11.8 Å². The number of anilines is 1. The van der Waals surface area contributed by atoms with Crippen molar-refractivity contribution in [3.05, 3.63) is 59.9 Å². The standard InChI is InChI=1S/C17H15FN4OS/c1-11-4-2-3-5-14(11)16-20-17(22-21-16)24-10-15(23)19-13-8-6-12(18)7-9-13/h2-9H,10H2,1H3,(H,19,23)(H,20,21,22). The molecule has 0 unspecified atom stereocenters. The average Bonchev–Trinajstić information content (AvgIpc) is 3.04. The highest BCUT2D eigenvalue weighted by molar-refractivity contribution is 7.99. The fourth-order valence-corrected chi connectivity index (χ4v) is 2.73. The molecule has 7 heteroatoms. The summed E-state index contributed by atoms with van der Waals surface area (Å²) in [6, 6.07) is 13.5. The maximum absolute atomic E-state index is 12.8. The number of carbonyl (C=O) groups excluding carboxylic acids is 1. The molecule has 1 heterocycles. The first-order valence-corrected chi connectivity index (χ1v) is 8.27. The Morgan fingerprint density at radius 2 is 1.96 bits per heavy atom. The van der Waals surface area contributed by atoms with Crippen molar-refractivity contribution >= 4 is 23.4 Å². The quantitative estimate of drug-likeness (QED) is 0.694. The van der Waals surface area contributed by atoms with E-state index in [9.17, 15) is 9.18 Å². The van der Waals surface area contributed by atoms with Gasteiger partial charge >= 0.3 is 0 Å². The Morgan fingerprint density at radius 1 is 1.21 bits per heavy atom. The molecule has 0 saturated carbocycles. The van der Waals surface area contributed by atoms with Crippen LogP contribution in [0.1, 0.15) is 5.56 Å². The van der Waals surface area contributed by atoms with Crippen molar-refractivity contribution in [3.63, 3.8) is 0 Å². The summed E-state index contributed by atoms with van der Waals surface area (Å²) in [6.07, 6.45) is 0. The summed E-state index contributed by atoms with van der Waals surface area (Å²) in [6.45, 7) is 2.00. The number of aryl methyl sites for hydroxylation is 1. The van der Waals surface area contributed by atoms with Gasteiger partial charge in [-0.05, 0) is 36.8 Å². The molecule has 3 aromatic rings. The molecule has 24 heavy (non-hydrogen) atoms. The normalized spacial score (nSPS) is 10.6. The van der Waals surface area contributed by atoms with E-state index in [-0.39, 0.29) is 17.5 Å². The Labute approximate surface area is 142 Å². The van der Waals surface area contributed by atoms with Gasteiger partial charge in [0.25, 0.3) is 0 Å². The lowest BCUT2D eigenvalue weighted by atomic mass is 10.1. The summed E-state index contributed by atoms with van der Waals surface area (Å²) in [5, 5.41) is 10.2. The van der Waals surface area contributed by atoms with Gasteiger partial charge in [-0.2, -0.15) is 0 Å². The van der Waals surface area contributed by atoms with Crippen LogP contribution in [-0.2, 0) is 4.79 Å². The Morgan fingerprint density at radius 3 is 2.71 bits per heavy atom. The van der Waals surface area contributed by atoms with E-state index >= 15 is 0 Å². The minimum absolute atomic E-state index is 0.169. The van der Waals surface area contributed by atoms with E-state index in [1.54, 1.807) is 0 Å². The molecule has 3 rings (SSSR count). The molecule has 0 atom stereocenters. The van der Waals surface area contributed by atoms with E-state index in [0.29, 0.717) is 16.7 Å². The van der Waals surface area contributed by atoms with Crippen molar-refractivity contribution in [2.75, 3.05) is 11.1 Å². The Balaban J connectivity index is 1.58. The SMILES string of the molecule is Cc1ccccc1-c1nc(SCC(=O)Nc2ccc(F)cc2)n[nH]1. The van der Waals surface area contributed by atoms with E-state index in [4.69, 9.17) is 0 Å². The fourth-order valence-electron chi connectivity index (χ4n) is 2.13. The Bertz CT molecular complexity index is 848. The molecule has 2 aromatic carbocycles. The molecule has 2 N–H and O–H groups in total. The second kappa shape index (κ2) is 7.27. The zero-order valence-electron chi connectivity index (χ0n) is 12.9. The zero-order chi connectivity index (χ0) is 16.9. The van der Waals surface area contributed by atoms with Gasteiger partial charge in [0.2, 0.25) is 11.1 Å². The van der Waals surface area contributed by atoms with Crippen LogP contribution in [0, 0.1) is 12.7 Å². The molecule has 0 aliphatic carbocycles. The molecule has 1 aromatic heterocycles. The summed E-state index contributed by atoms with van der Waals surface area (Å²) >= 11 is 1.23. The number of carbonyl (C=O) groups is 1. The first-order valence-electron chi connectivity index (χ1n) is 7.28. The molecule has 122 valence electrons. The molecule has 0 saturated heterocycles. The van der Waals surface area contributed by atoms with Crippen molar-refractivity contribution in [2.24, 2.45) is 0 Å². The lowest BCUT2D eigenvalue weighted by Crippen LogP contribution is -2.14. The third-order valence-corrected chi connectivity index (χ3v) is 4.17. The number of halogens is 1. The predicted octanol–water partition coefficient (Wildman–Crippen LogP) is 3.65. The second-order valence-electron chi connectivity index (χ2n) is 5.13. The van der Waals surface area contributed by atoms with Crippen LogP contribution in [0.3, 0.4) is 0 Å². The van der Waals surface area contributed by atoms with E-state index < -0.39 is 0 Å². The van der Waals surface area contributed by atoms with Crippen molar-refractivity contribution < 1.29 is 9.18 Å². The monoisotopic (exact) mass is 342 g/mol. The van der Waals surface area contributed by atoms with Crippen LogP contribution in [0.15, 0.2) is 53.7 Å². The van der Waals surface area contributed by atoms with Crippen LogP contribution in [0.25, 0.3) is 11.4 Å². The third-order valence-electron chi connectivity index (χ3n) is 3.33. The Kier molecular flexibility index (Phi) is 4.90. The van der Waals surface area contributed by atoms with Crippen LogP contribution in [-0.4, -0.2) is 26.8 Å². The number of benzene rings is 2. The third kappa shape index (κ3) is 3.99. The number of aromatic nitrogens is 3. The van der Waals surface area contributed by atoms with Gasteiger partial charge in [0, 0.05) is 11.3 Å². The molecule has 0 fully saturated rings. The topological polar surface area (TPSA) is 70.7 Å². The number of rotatable bonds is 5. The van der Waals surface area contributed by atoms with Crippen LogP contribution in [0.2, 0.25) is 0 Å². The van der Waals surface area contributed by atoms with Gasteiger partial charge in [-0.1, -0.05) is 36.0 Å². The van der Waals surface area contributed by atoms with Crippen LogP contribution in [0.5, 0.6) is 0 Å². The van der Waals surface area contributed by atoms with E-state index in [1.807, 2.05) is 31.2 Å². The van der Waals surface area contributed by atoms with Gasteiger partial charge in [-0.3, -0.25) is 9.89 Å². The van der Waals surface area contributed by atoms with Gasteiger partial charge in [-0.15, -0.1) is 5.10 Å². The van der Waals surface area contributed by atoms with Crippen LogP contribution in [0.4, 0.5) is 10.1 Å². The second-order valence-corrected chi connectivity index (χ2v) is 6.07. The van der Waals surface area contributed by atoms with Crippen molar-refractivity contribution in [2.45, 2.75) is 12.1 Å². The molecule has 1 amide bonds. The molecule has 0 spiro atoms. The minimum Gasteiger partial charge on any atom is -0.325 e. The number of nitrogens with zero attached hydrogens (tertiary/aromatic N) is 2. The Hall–Kier alpha value is -2.67. The minimum atomic E-state index is -0.341. The molecule has 5 nitrogen and oxygen atoms in total. The zero-order valence-corrected chi connectivity index (χ0v) is 13.7. The van der Waals surface area contributed by atoms with Gasteiger partial charge in [0.15, 0.2) is 5.82 Å². The number of hydrogen-bond acceptors (Lipinski definition) is 4.